The highest BCUT2D eigenvalue weighted by Crippen LogP contribution is 2.03. The molecule has 0 aliphatic rings. The van der Waals surface area contributed by atoms with Crippen molar-refractivity contribution in [2.24, 2.45) is 0 Å². The van der Waals surface area contributed by atoms with Crippen molar-refractivity contribution in [3.8, 4) is 0 Å². The summed E-state index contributed by atoms with van der Waals surface area (Å²) in [7, 11) is 0. The third kappa shape index (κ3) is 4.85. The van der Waals surface area contributed by atoms with Crippen LogP contribution in [0.5, 0.6) is 0 Å². The Morgan fingerprint density at radius 2 is 2.07 bits per heavy atom. The van der Waals surface area contributed by atoms with E-state index in [2.05, 4.69) is 12.6 Å². The molecule has 0 radical (unpaired) electrons. The fourth-order valence-electron chi connectivity index (χ4n) is 1.05. The molecule has 0 rings (SSSR count). The summed E-state index contributed by atoms with van der Waals surface area (Å²) in [5.74, 6) is -1.36. The highest BCUT2D eigenvalue weighted by atomic mass is 32.1. The lowest BCUT2D eigenvalue weighted by atomic mass is 10.2. The van der Waals surface area contributed by atoms with Crippen molar-refractivity contribution in [1.29, 1.82) is 0 Å². The number of carboxylic acid groups (broad SMARTS) is 1. The number of rotatable bonds is 6. The van der Waals surface area contributed by atoms with E-state index < -0.39 is 12.0 Å². The Labute approximate surface area is 93.8 Å². The van der Waals surface area contributed by atoms with Crippen LogP contribution in [0.4, 0.5) is 0 Å². The van der Waals surface area contributed by atoms with Crippen molar-refractivity contribution >= 4 is 24.5 Å². The fraction of sp³-hybridized carbons (Fsp3) is 0.556. The van der Waals surface area contributed by atoms with Gasteiger partial charge in [0.2, 0.25) is 5.91 Å². The van der Waals surface area contributed by atoms with Crippen molar-refractivity contribution in [3.63, 3.8) is 0 Å². The van der Waals surface area contributed by atoms with E-state index in [-0.39, 0.29) is 24.8 Å². The molecule has 0 aliphatic carbocycles. The van der Waals surface area contributed by atoms with Gasteiger partial charge in [0.05, 0.1) is 6.61 Å². The molecule has 1 atom stereocenters. The van der Waals surface area contributed by atoms with E-state index in [9.17, 15) is 9.59 Å². The van der Waals surface area contributed by atoms with Gasteiger partial charge in [0, 0.05) is 19.2 Å². The van der Waals surface area contributed by atoms with Gasteiger partial charge in [-0.3, -0.25) is 4.79 Å². The Hall–Kier alpha value is -1.01. The minimum absolute atomic E-state index is 0.0574. The standard InChI is InChI=1S/C9H15NO4S/c1-7(12)10(4-2-3-5-11)8(6-15)9(13)14/h2-3,8,11,15H,4-6H2,1H3,(H,13,14)/t8-/m0/s1. The first kappa shape index (κ1) is 14.0. The number of aliphatic carboxylic acids is 1. The van der Waals surface area contributed by atoms with Gasteiger partial charge in [-0.15, -0.1) is 0 Å². The molecule has 0 spiro atoms. The summed E-state index contributed by atoms with van der Waals surface area (Å²) in [4.78, 5) is 23.2. The Kier molecular flexibility index (Phi) is 6.81. The average molecular weight is 233 g/mol. The normalized spacial score (nSPS) is 12.7. The molecular weight excluding hydrogens is 218 g/mol. The molecular formula is C9H15NO4S. The predicted octanol–water partition coefficient (Wildman–Crippen LogP) is -0.234. The molecule has 0 saturated carbocycles. The zero-order valence-electron chi connectivity index (χ0n) is 8.46. The van der Waals surface area contributed by atoms with Crippen LogP contribution in [-0.4, -0.2) is 51.9 Å². The fourth-order valence-corrected chi connectivity index (χ4v) is 1.40. The molecule has 0 aromatic heterocycles. The zero-order valence-corrected chi connectivity index (χ0v) is 9.35. The van der Waals surface area contributed by atoms with E-state index in [0.717, 1.165) is 0 Å². The first-order chi connectivity index (χ1) is 7.04. The maximum atomic E-state index is 11.2. The van der Waals surface area contributed by atoms with Gasteiger partial charge in [-0.1, -0.05) is 12.2 Å². The predicted molar refractivity (Wildman–Crippen MR) is 58.9 cm³/mol. The van der Waals surface area contributed by atoms with Crippen LogP contribution in [0.15, 0.2) is 12.2 Å². The van der Waals surface area contributed by atoms with Crippen molar-refractivity contribution < 1.29 is 19.8 Å². The van der Waals surface area contributed by atoms with Crippen LogP contribution < -0.4 is 0 Å². The molecule has 0 fully saturated rings. The number of amides is 1. The van der Waals surface area contributed by atoms with E-state index in [1.165, 1.54) is 17.9 Å². The second kappa shape index (κ2) is 7.30. The second-order valence-corrected chi connectivity index (χ2v) is 3.23. The van der Waals surface area contributed by atoms with Gasteiger partial charge in [-0.25, -0.2) is 4.79 Å². The summed E-state index contributed by atoms with van der Waals surface area (Å²) in [6.45, 7) is 1.32. The quantitative estimate of drug-likeness (QED) is 0.437. The highest BCUT2D eigenvalue weighted by Gasteiger charge is 2.25. The van der Waals surface area contributed by atoms with Crippen LogP contribution >= 0.6 is 12.6 Å². The van der Waals surface area contributed by atoms with Crippen LogP contribution in [0.1, 0.15) is 6.92 Å². The largest absolute Gasteiger partial charge is 0.480 e. The smallest absolute Gasteiger partial charge is 0.327 e. The minimum atomic E-state index is -1.09. The van der Waals surface area contributed by atoms with E-state index >= 15 is 0 Å². The van der Waals surface area contributed by atoms with E-state index in [1.54, 1.807) is 6.08 Å². The van der Waals surface area contributed by atoms with E-state index in [0.29, 0.717) is 0 Å². The lowest BCUT2D eigenvalue weighted by Gasteiger charge is -2.25. The van der Waals surface area contributed by atoms with E-state index in [4.69, 9.17) is 10.2 Å². The molecule has 2 N–H and O–H groups in total. The van der Waals surface area contributed by atoms with Crippen LogP contribution in [0.2, 0.25) is 0 Å². The first-order valence-corrected chi connectivity index (χ1v) is 5.04. The summed E-state index contributed by atoms with van der Waals surface area (Å²) in [6, 6.07) is -0.936. The number of carboxylic acids is 1. The number of aliphatic hydroxyl groups is 1. The summed E-state index contributed by atoms with van der Waals surface area (Å²) in [5, 5.41) is 17.3. The molecule has 0 bridgehead atoms. The summed E-state index contributed by atoms with van der Waals surface area (Å²) in [6.07, 6.45) is 2.99. The van der Waals surface area contributed by atoms with Crippen LogP contribution in [0.3, 0.4) is 0 Å². The molecule has 86 valence electrons. The average Bonchev–Trinajstić information content (AvgIpc) is 2.16. The highest BCUT2D eigenvalue weighted by molar-refractivity contribution is 7.80. The number of nitrogens with zero attached hydrogens (tertiary/aromatic N) is 1. The number of carbonyl (C=O) groups is 2. The maximum absolute atomic E-state index is 11.2. The van der Waals surface area contributed by atoms with Crippen LogP contribution in [-0.2, 0) is 9.59 Å². The number of hydrogen-bond acceptors (Lipinski definition) is 4. The molecule has 0 aromatic rings. The monoisotopic (exact) mass is 233 g/mol. The van der Waals surface area contributed by atoms with Crippen LogP contribution in [0.25, 0.3) is 0 Å². The van der Waals surface area contributed by atoms with Gasteiger partial charge in [0.25, 0.3) is 0 Å². The number of carbonyl (C=O) groups excluding carboxylic acids is 1. The minimum Gasteiger partial charge on any atom is -0.480 e. The third-order valence-corrected chi connectivity index (χ3v) is 2.16. The third-order valence-electron chi connectivity index (χ3n) is 1.81. The number of thiol groups is 1. The Balaban J connectivity index is 4.56. The Morgan fingerprint density at radius 1 is 1.47 bits per heavy atom. The van der Waals surface area contributed by atoms with Crippen LogP contribution in [0, 0.1) is 0 Å². The topological polar surface area (TPSA) is 77.8 Å². The van der Waals surface area contributed by atoms with Gasteiger partial charge in [0.1, 0.15) is 6.04 Å². The van der Waals surface area contributed by atoms with Crippen molar-refractivity contribution in [2.45, 2.75) is 13.0 Å². The van der Waals surface area contributed by atoms with Crippen molar-refractivity contribution in [1.82, 2.24) is 4.90 Å². The Morgan fingerprint density at radius 3 is 2.40 bits per heavy atom. The molecule has 6 heteroatoms. The molecule has 5 nitrogen and oxygen atoms in total. The van der Waals surface area contributed by atoms with Gasteiger partial charge >= 0.3 is 5.97 Å². The lowest BCUT2D eigenvalue weighted by molar-refractivity contribution is -0.147. The number of hydrogen-bond donors (Lipinski definition) is 3. The molecule has 0 aromatic carbocycles. The first-order valence-electron chi connectivity index (χ1n) is 4.41. The van der Waals surface area contributed by atoms with Gasteiger partial charge in [-0.2, -0.15) is 12.6 Å². The number of aliphatic hydroxyl groups excluding tert-OH is 1. The SMILES string of the molecule is CC(=O)N(CC=CCO)[C@@H](CS)C(=O)O. The van der Waals surface area contributed by atoms with Crippen molar-refractivity contribution in [2.75, 3.05) is 18.9 Å². The molecule has 0 aliphatic heterocycles. The summed E-state index contributed by atoms with van der Waals surface area (Å²) < 4.78 is 0. The van der Waals surface area contributed by atoms with Gasteiger partial charge in [0.15, 0.2) is 0 Å². The molecule has 15 heavy (non-hydrogen) atoms. The van der Waals surface area contributed by atoms with E-state index in [1.807, 2.05) is 0 Å². The Bertz CT molecular complexity index is 254. The summed E-state index contributed by atoms with van der Waals surface area (Å²) >= 11 is 3.89. The van der Waals surface area contributed by atoms with Crippen molar-refractivity contribution in [3.05, 3.63) is 12.2 Å². The lowest BCUT2D eigenvalue weighted by Crippen LogP contribution is -2.45. The second-order valence-electron chi connectivity index (χ2n) is 2.86. The van der Waals surface area contributed by atoms with Gasteiger partial charge in [-0.05, 0) is 0 Å². The summed E-state index contributed by atoms with van der Waals surface area (Å²) in [5.41, 5.74) is 0. The molecule has 1 amide bonds. The van der Waals surface area contributed by atoms with Gasteiger partial charge < -0.3 is 15.1 Å². The molecule has 0 heterocycles. The molecule has 0 saturated heterocycles. The zero-order chi connectivity index (χ0) is 11.8. The maximum Gasteiger partial charge on any atom is 0.327 e. The molecule has 0 unspecified atom stereocenters.